The number of aliphatic hydroxyl groups is 2. The van der Waals surface area contributed by atoms with E-state index in [-0.39, 0.29) is 39.2 Å². The first-order valence-electron chi connectivity index (χ1n) is 13.4. The zero-order chi connectivity index (χ0) is 30.3. The van der Waals surface area contributed by atoms with Gasteiger partial charge in [0.05, 0.1) is 22.9 Å². The Kier molecular flexibility index (Phi) is 5.58. The summed E-state index contributed by atoms with van der Waals surface area (Å²) in [5, 5.41) is 39.3. The first-order chi connectivity index (χ1) is 20.6. The second-order valence-electron chi connectivity index (χ2n) is 10.8. The number of aliphatic hydroxyl groups excluding tert-OH is 2. The van der Waals surface area contributed by atoms with Crippen LogP contribution in [-0.4, -0.2) is 56.6 Å². The van der Waals surface area contributed by atoms with Crippen LogP contribution >= 0.6 is 0 Å². The SMILES string of the molecule is C[C@@H](O)[C@@]12O[C@]13c1cc(O)c4c(c1N[C@H]2C#CC=CC#C[C@H]3O)C(=O)c1ccc(NC(=O)c2ccc(N)cc2)cc1C4=O. The van der Waals surface area contributed by atoms with E-state index >= 15 is 0 Å². The lowest BCUT2D eigenvalue weighted by Crippen LogP contribution is -2.54. The summed E-state index contributed by atoms with van der Waals surface area (Å²) in [5.41, 5.74) is 3.73. The highest BCUT2D eigenvalue weighted by atomic mass is 16.7. The Hall–Kier alpha value is -5.39. The summed E-state index contributed by atoms with van der Waals surface area (Å²) in [6.07, 6.45) is 0.340. The molecule has 2 aliphatic heterocycles. The molecule has 2 bridgehead atoms. The molecule has 1 fully saturated rings. The van der Waals surface area contributed by atoms with Crippen molar-refractivity contribution in [3.05, 3.63) is 94.1 Å². The van der Waals surface area contributed by atoms with Crippen molar-refractivity contribution in [1.29, 1.82) is 0 Å². The van der Waals surface area contributed by atoms with Crippen molar-refractivity contribution in [3.63, 3.8) is 0 Å². The Morgan fingerprint density at radius 1 is 1.02 bits per heavy atom. The van der Waals surface area contributed by atoms with Gasteiger partial charge in [-0.05, 0) is 67.6 Å². The fraction of sp³-hybridized carbons (Fsp3) is 0.182. The molecule has 0 spiro atoms. The molecule has 0 saturated carbocycles. The standard InChI is InChI=1S/C33H23N3O7/c1-16(37)32-24-6-4-2-3-5-7-25(39)33(32,43-32)22-15-23(38)26-27(28(22)36-24)29(40)20-13-12-19(14-21(20)30(26)41)35-31(42)17-8-10-18(34)11-9-17/h2-3,8-16,24-25,36-39H,34H2,1H3,(H,35,42)/t16-,24+,25-,32+,33+/m1/s1. The molecule has 7 rings (SSSR count). The number of allylic oxidation sites excluding steroid dienone is 2. The molecule has 0 unspecified atom stereocenters. The normalized spacial score (nSPS) is 26.0. The summed E-state index contributed by atoms with van der Waals surface area (Å²) in [7, 11) is 0. The van der Waals surface area contributed by atoms with Crippen LogP contribution in [0.5, 0.6) is 5.75 Å². The highest BCUT2D eigenvalue weighted by Gasteiger charge is 2.82. The Morgan fingerprint density at radius 3 is 2.44 bits per heavy atom. The average Bonchev–Trinajstić information content (AvgIpc) is 3.71. The van der Waals surface area contributed by atoms with Crippen LogP contribution in [-0.2, 0) is 10.3 Å². The number of anilines is 3. The van der Waals surface area contributed by atoms with Gasteiger partial charge in [0.15, 0.2) is 28.9 Å². The molecule has 1 saturated heterocycles. The molecule has 0 radical (unpaired) electrons. The fourth-order valence-corrected chi connectivity index (χ4v) is 6.36. The van der Waals surface area contributed by atoms with Crippen LogP contribution in [0.15, 0.2) is 60.7 Å². The van der Waals surface area contributed by atoms with Crippen LogP contribution in [0.1, 0.15) is 54.7 Å². The molecule has 0 aromatic heterocycles. The van der Waals surface area contributed by atoms with Crippen LogP contribution in [0.4, 0.5) is 17.1 Å². The van der Waals surface area contributed by atoms with E-state index < -0.39 is 52.7 Å². The van der Waals surface area contributed by atoms with E-state index in [0.717, 1.165) is 0 Å². The number of carbonyl (C=O) groups excluding carboxylic acids is 3. The minimum atomic E-state index is -1.65. The number of hydrogen-bond acceptors (Lipinski definition) is 9. The van der Waals surface area contributed by atoms with Gasteiger partial charge in [-0.25, -0.2) is 0 Å². The molecule has 2 heterocycles. The summed E-state index contributed by atoms with van der Waals surface area (Å²) in [6.45, 7) is 1.50. The first kappa shape index (κ1) is 26.5. The Balaban J connectivity index is 1.35. The number of carbonyl (C=O) groups is 3. The fourth-order valence-electron chi connectivity index (χ4n) is 6.36. The zero-order valence-corrected chi connectivity index (χ0v) is 22.6. The quantitative estimate of drug-likeness (QED) is 0.0928. The number of nitrogen functional groups attached to an aromatic ring is 1. The summed E-state index contributed by atoms with van der Waals surface area (Å²) in [4.78, 5) is 40.7. The van der Waals surface area contributed by atoms with Gasteiger partial charge < -0.3 is 36.4 Å². The number of amides is 1. The van der Waals surface area contributed by atoms with Crippen LogP contribution in [0.2, 0.25) is 0 Å². The maximum absolute atomic E-state index is 14.0. The molecule has 4 aliphatic rings. The lowest BCUT2D eigenvalue weighted by molar-refractivity contribution is 0.0867. The van der Waals surface area contributed by atoms with Crippen LogP contribution in [0.3, 0.4) is 0 Å². The smallest absolute Gasteiger partial charge is 0.255 e. The summed E-state index contributed by atoms with van der Waals surface area (Å²) in [6, 6.07) is 11.0. The third-order valence-corrected chi connectivity index (χ3v) is 8.39. The molecule has 10 heteroatoms. The van der Waals surface area contributed by atoms with E-state index in [1.807, 2.05) is 0 Å². The maximum Gasteiger partial charge on any atom is 0.255 e. The third kappa shape index (κ3) is 3.52. The van der Waals surface area contributed by atoms with Crippen molar-refractivity contribution in [3.8, 4) is 29.4 Å². The molecule has 2 aliphatic carbocycles. The molecule has 43 heavy (non-hydrogen) atoms. The average molecular weight is 574 g/mol. The summed E-state index contributed by atoms with van der Waals surface area (Å²) >= 11 is 0. The lowest BCUT2D eigenvalue weighted by atomic mass is 9.69. The van der Waals surface area contributed by atoms with Crippen LogP contribution in [0, 0.1) is 23.7 Å². The van der Waals surface area contributed by atoms with Gasteiger partial charge in [0.25, 0.3) is 5.91 Å². The van der Waals surface area contributed by atoms with Gasteiger partial charge >= 0.3 is 0 Å². The predicted octanol–water partition coefficient (Wildman–Crippen LogP) is 2.08. The van der Waals surface area contributed by atoms with Crippen molar-refractivity contribution in [1.82, 2.24) is 0 Å². The molecular formula is C33H23N3O7. The van der Waals surface area contributed by atoms with Crippen molar-refractivity contribution >= 4 is 34.5 Å². The minimum absolute atomic E-state index is 0.00355. The number of epoxide rings is 1. The number of ether oxygens (including phenoxy) is 1. The van der Waals surface area contributed by atoms with E-state index in [0.29, 0.717) is 11.3 Å². The Morgan fingerprint density at radius 2 is 1.72 bits per heavy atom. The highest BCUT2D eigenvalue weighted by Crippen LogP contribution is 2.67. The zero-order valence-electron chi connectivity index (χ0n) is 22.6. The second kappa shape index (κ2) is 9.05. The Bertz CT molecular complexity index is 1960. The number of aromatic hydroxyl groups is 1. The molecule has 3 aromatic rings. The molecule has 5 atom stereocenters. The van der Waals surface area contributed by atoms with E-state index in [1.165, 1.54) is 43.3 Å². The monoisotopic (exact) mass is 573 g/mol. The summed E-state index contributed by atoms with van der Waals surface area (Å²) in [5.74, 6) is 9.06. The molecular weight excluding hydrogens is 550 g/mol. The van der Waals surface area contributed by atoms with Crippen molar-refractivity contribution in [2.45, 2.75) is 36.4 Å². The highest BCUT2D eigenvalue weighted by molar-refractivity contribution is 6.31. The second-order valence-corrected chi connectivity index (χ2v) is 10.8. The topological polar surface area (TPSA) is 175 Å². The lowest BCUT2D eigenvalue weighted by Gasteiger charge is -2.37. The number of rotatable bonds is 3. The van der Waals surface area contributed by atoms with Gasteiger partial charge in [-0.2, -0.15) is 0 Å². The number of hydrogen-bond donors (Lipinski definition) is 6. The molecule has 7 N–H and O–H groups in total. The largest absolute Gasteiger partial charge is 0.507 e. The van der Waals surface area contributed by atoms with Crippen molar-refractivity contribution in [2.24, 2.45) is 0 Å². The first-order valence-corrected chi connectivity index (χ1v) is 13.4. The number of phenolic OH excluding ortho intramolecular Hbond substituents is 1. The van der Waals surface area contributed by atoms with Gasteiger partial charge in [-0.1, -0.05) is 23.7 Å². The van der Waals surface area contributed by atoms with E-state index in [2.05, 4.69) is 34.3 Å². The molecule has 1 amide bonds. The number of ketones is 2. The predicted molar refractivity (Wildman–Crippen MR) is 156 cm³/mol. The van der Waals surface area contributed by atoms with Gasteiger partial charge in [-0.15, -0.1) is 0 Å². The van der Waals surface area contributed by atoms with E-state index in [9.17, 15) is 29.7 Å². The van der Waals surface area contributed by atoms with Gasteiger partial charge in [0, 0.05) is 33.6 Å². The van der Waals surface area contributed by atoms with Crippen molar-refractivity contribution in [2.75, 3.05) is 16.4 Å². The summed E-state index contributed by atoms with van der Waals surface area (Å²) < 4.78 is 6.17. The minimum Gasteiger partial charge on any atom is -0.507 e. The van der Waals surface area contributed by atoms with E-state index in [1.54, 1.807) is 24.3 Å². The van der Waals surface area contributed by atoms with Gasteiger partial charge in [0.2, 0.25) is 0 Å². The van der Waals surface area contributed by atoms with Gasteiger partial charge in [-0.3, -0.25) is 14.4 Å². The number of benzene rings is 3. The van der Waals surface area contributed by atoms with Gasteiger partial charge in [0.1, 0.15) is 11.8 Å². The van der Waals surface area contributed by atoms with Crippen molar-refractivity contribution < 1.29 is 34.4 Å². The molecule has 212 valence electrons. The van der Waals surface area contributed by atoms with E-state index in [4.69, 9.17) is 10.5 Å². The molecule has 10 nitrogen and oxygen atoms in total. The third-order valence-electron chi connectivity index (χ3n) is 8.39. The van der Waals surface area contributed by atoms with Crippen LogP contribution in [0.25, 0.3) is 0 Å². The Labute approximate surface area is 245 Å². The number of fused-ring (bicyclic) bond motifs is 4. The molecule has 3 aromatic carbocycles. The number of phenols is 1. The maximum atomic E-state index is 14.0. The number of nitrogens with one attached hydrogen (secondary N) is 2. The van der Waals surface area contributed by atoms with Crippen LogP contribution < -0.4 is 16.4 Å². The number of nitrogens with two attached hydrogens (primary N) is 1.